The maximum Gasteiger partial charge on any atom is 0.293 e. The van der Waals surface area contributed by atoms with Gasteiger partial charge in [0.1, 0.15) is 5.56 Å². The van der Waals surface area contributed by atoms with Crippen molar-refractivity contribution >= 4 is 12.0 Å². The van der Waals surface area contributed by atoms with Crippen LogP contribution in [0.25, 0.3) is 0 Å². The van der Waals surface area contributed by atoms with Gasteiger partial charge in [0.2, 0.25) is 11.9 Å². The number of benzene rings is 1. The molecule has 1 amide bonds. The third-order valence-corrected chi connectivity index (χ3v) is 1.57. The summed E-state index contributed by atoms with van der Waals surface area (Å²) >= 11 is 0. The zero-order valence-corrected chi connectivity index (χ0v) is 7.15. The molecule has 0 spiro atoms. The van der Waals surface area contributed by atoms with Crippen LogP contribution in [0, 0.1) is 29.1 Å². The highest BCUT2D eigenvalue weighted by molar-refractivity contribution is 5.97. The number of hydrogen-bond donors (Lipinski definition) is 0. The van der Waals surface area contributed by atoms with E-state index in [1.807, 2.05) is 0 Å². The molecule has 8 heteroatoms. The van der Waals surface area contributed by atoms with E-state index >= 15 is 0 Å². The van der Waals surface area contributed by atoms with Crippen molar-refractivity contribution in [3.63, 3.8) is 0 Å². The maximum atomic E-state index is 12.8. The molecule has 0 aliphatic rings. The molecule has 16 heavy (non-hydrogen) atoms. The Kier molecular flexibility index (Phi) is 3.14. The highest BCUT2D eigenvalue weighted by Gasteiger charge is 2.29. The summed E-state index contributed by atoms with van der Waals surface area (Å²) in [6, 6.07) is 0. The van der Waals surface area contributed by atoms with Gasteiger partial charge in [-0.25, -0.2) is 26.7 Å². The molecule has 0 unspecified atom stereocenters. The van der Waals surface area contributed by atoms with E-state index in [1.54, 1.807) is 0 Å². The summed E-state index contributed by atoms with van der Waals surface area (Å²) in [4.78, 5) is 22.6. The van der Waals surface area contributed by atoms with E-state index in [0.29, 0.717) is 6.08 Å². The van der Waals surface area contributed by atoms with Crippen LogP contribution in [0.3, 0.4) is 0 Å². The van der Waals surface area contributed by atoms with Crippen molar-refractivity contribution < 1.29 is 31.5 Å². The lowest BCUT2D eigenvalue weighted by Gasteiger charge is -2.03. The molecule has 0 N–H and O–H groups in total. The van der Waals surface area contributed by atoms with Crippen molar-refractivity contribution in [3.05, 3.63) is 34.6 Å². The molecule has 0 heterocycles. The van der Waals surface area contributed by atoms with Gasteiger partial charge in [-0.3, -0.25) is 4.79 Å². The number of carbonyl (C=O) groups excluding carboxylic acids is 2. The highest BCUT2D eigenvalue weighted by atomic mass is 19.2. The Labute approximate surface area is 84.2 Å². The molecule has 0 aliphatic carbocycles. The van der Waals surface area contributed by atoms with Gasteiger partial charge in [0.15, 0.2) is 23.3 Å². The van der Waals surface area contributed by atoms with Crippen LogP contribution >= 0.6 is 0 Å². The van der Waals surface area contributed by atoms with Crippen molar-refractivity contribution in [3.8, 4) is 0 Å². The SMILES string of the molecule is O=C=NC(=O)c1c(F)c(F)c(F)c(F)c1F. The van der Waals surface area contributed by atoms with Crippen molar-refractivity contribution in [2.24, 2.45) is 4.99 Å². The first-order chi connectivity index (χ1) is 7.41. The molecule has 0 aromatic heterocycles. The molecule has 0 bridgehead atoms. The van der Waals surface area contributed by atoms with Gasteiger partial charge < -0.3 is 0 Å². The fourth-order valence-electron chi connectivity index (χ4n) is 0.890. The number of rotatable bonds is 1. The smallest absolute Gasteiger partial charge is 0.266 e. The Hall–Kier alpha value is -2.08. The second-order valence-electron chi connectivity index (χ2n) is 2.45. The third kappa shape index (κ3) is 1.70. The second-order valence-corrected chi connectivity index (χ2v) is 2.45. The molecule has 0 saturated carbocycles. The summed E-state index contributed by atoms with van der Waals surface area (Å²) in [6.07, 6.45) is 0.627. The summed E-state index contributed by atoms with van der Waals surface area (Å²) in [5.74, 6) is -13.6. The zero-order valence-electron chi connectivity index (χ0n) is 7.15. The summed E-state index contributed by atoms with van der Waals surface area (Å²) in [6.45, 7) is 0. The predicted molar refractivity (Wildman–Crippen MR) is 38.7 cm³/mol. The quantitative estimate of drug-likeness (QED) is 0.246. The minimum atomic E-state index is -2.40. The van der Waals surface area contributed by atoms with E-state index in [2.05, 4.69) is 4.99 Å². The summed E-state index contributed by atoms with van der Waals surface area (Å²) in [7, 11) is 0. The van der Waals surface area contributed by atoms with Gasteiger partial charge in [0, 0.05) is 0 Å². The van der Waals surface area contributed by atoms with Gasteiger partial charge in [-0.05, 0) is 0 Å². The third-order valence-electron chi connectivity index (χ3n) is 1.57. The molecule has 0 aliphatic heterocycles. The van der Waals surface area contributed by atoms with Crippen LogP contribution in [-0.4, -0.2) is 12.0 Å². The van der Waals surface area contributed by atoms with Crippen molar-refractivity contribution in [1.82, 2.24) is 0 Å². The first kappa shape index (κ1) is 12.0. The number of aliphatic imine (C=N–C) groups is 1. The maximum absolute atomic E-state index is 12.8. The fourth-order valence-corrected chi connectivity index (χ4v) is 0.890. The molecular formula is C8F5NO2. The molecule has 3 nitrogen and oxygen atoms in total. The van der Waals surface area contributed by atoms with Gasteiger partial charge in [-0.15, -0.1) is 4.99 Å². The summed E-state index contributed by atoms with van der Waals surface area (Å²) in [5.41, 5.74) is -1.79. The number of halogens is 5. The minimum absolute atomic E-state index is 0.627. The highest BCUT2D eigenvalue weighted by Crippen LogP contribution is 2.23. The Balaban J connectivity index is 3.64. The molecule has 1 aromatic carbocycles. The van der Waals surface area contributed by atoms with E-state index in [1.165, 1.54) is 0 Å². The minimum Gasteiger partial charge on any atom is -0.266 e. The molecule has 0 fully saturated rings. The van der Waals surface area contributed by atoms with Gasteiger partial charge in [-0.1, -0.05) is 0 Å². The predicted octanol–water partition coefficient (Wildman–Crippen LogP) is 1.86. The number of nitrogens with zero attached hydrogens (tertiary/aromatic N) is 1. The summed E-state index contributed by atoms with van der Waals surface area (Å²) < 4.78 is 63.3. The fraction of sp³-hybridized carbons (Fsp3) is 0. The first-order valence-corrected chi connectivity index (χ1v) is 3.55. The average molecular weight is 237 g/mol. The van der Waals surface area contributed by atoms with Crippen LogP contribution in [-0.2, 0) is 4.79 Å². The topological polar surface area (TPSA) is 46.5 Å². The molecule has 1 aromatic rings. The van der Waals surface area contributed by atoms with Crippen molar-refractivity contribution in [2.75, 3.05) is 0 Å². The summed E-state index contributed by atoms with van der Waals surface area (Å²) in [5, 5.41) is 0. The molecule has 0 saturated heterocycles. The number of hydrogen-bond acceptors (Lipinski definition) is 2. The van der Waals surface area contributed by atoms with E-state index in [4.69, 9.17) is 0 Å². The van der Waals surface area contributed by atoms with Crippen LogP contribution in [0.15, 0.2) is 4.99 Å². The van der Waals surface area contributed by atoms with Crippen LogP contribution in [0.5, 0.6) is 0 Å². The molecule has 84 valence electrons. The Morgan fingerprint density at radius 2 is 1.25 bits per heavy atom. The number of isocyanates is 1. The van der Waals surface area contributed by atoms with Crippen LogP contribution in [0.4, 0.5) is 22.0 Å². The first-order valence-electron chi connectivity index (χ1n) is 3.55. The lowest BCUT2D eigenvalue weighted by Crippen LogP contribution is -2.11. The lowest BCUT2D eigenvalue weighted by atomic mass is 10.1. The number of carbonyl (C=O) groups is 1. The second kappa shape index (κ2) is 4.19. The largest absolute Gasteiger partial charge is 0.293 e. The van der Waals surface area contributed by atoms with E-state index in [-0.39, 0.29) is 0 Å². The van der Waals surface area contributed by atoms with E-state index < -0.39 is 40.6 Å². The molecule has 0 radical (unpaired) electrons. The van der Waals surface area contributed by atoms with E-state index in [0.717, 1.165) is 0 Å². The van der Waals surface area contributed by atoms with Gasteiger partial charge >= 0.3 is 0 Å². The Morgan fingerprint density at radius 3 is 1.62 bits per heavy atom. The van der Waals surface area contributed by atoms with Gasteiger partial charge in [0.05, 0.1) is 0 Å². The van der Waals surface area contributed by atoms with Crippen molar-refractivity contribution in [2.45, 2.75) is 0 Å². The van der Waals surface area contributed by atoms with Crippen molar-refractivity contribution in [1.29, 1.82) is 0 Å². The van der Waals surface area contributed by atoms with Gasteiger partial charge in [0.25, 0.3) is 5.91 Å². The zero-order chi connectivity index (χ0) is 12.5. The van der Waals surface area contributed by atoms with Crippen LogP contribution in [0.2, 0.25) is 0 Å². The van der Waals surface area contributed by atoms with E-state index in [9.17, 15) is 31.5 Å². The lowest BCUT2D eigenvalue weighted by molar-refractivity contribution is 0.0991. The molecule has 0 atom stereocenters. The molecular weight excluding hydrogens is 237 g/mol. The van der Waals surface area contributed by atoms with Crippen LogP contribution in [0.1, 0.15) is 10.4 Å². The normalized spacial score (nSPS) is 9.81. The Morgan fingerprint density at radius 1 is 0.875 bits per heavy atom. The number of amides is 1. The standard InChI is InChI=1S/C8F5NO2/c9-3-2(8(16)14-1-15)4(10)6(12)7(13)5(3)11. The molecule has 1 rings (SSSR count). The van der Waals surface area contributed by atoms with Gasteiger partial charge in [-0.2, -0.15) is 0 Å². The Bertz CT molecular complexity index is 493. The monoisotopic (exact) mass is 237 g/mol. The van der Waals surface area contributed by atoms with Crippen LogP contribution < -0.4 is 0 Å². The average Bonchev–Trinajstić information content (AvgIpc) is 2.24.